The highest BCUT2D eigenvalue weighted by Gasteiger charge is 1.95. The highest BCUT2D eigenvalue weighted by atomic mass is 15.3. The van der Waals surface area contributed by atoms with E-state index in [9.17, 15) is 0 Å². The lowest BCUT2D eigenvalue weighted by atomic mass is 10.2. The molecule has 4 nitrogen and oxygen atoms in total. The van der Waals surface area contributed by atoms with Gasteiger partial charge in [0.2, 0.25) is 0 Å². The molecular formula is C18H34N4. The van der Waals surface area contributed by atoms with Gasteiger partial charge in [-0.2, -0.15) is 0 Å². The highest BCUT2D eigenvalue weighted by molar-refractivity contribution is 5.71. The van der Waals surface area contributed by atoms with Gasteiger partial charge in [-0.05, 0) is 18.9 Å². The van der Waals surface area contributed by atoms with Crippen LogP contribution in [0.15, 0.2) is 29.7 Å². The van der Waals surface area contributed by atoms with E-state index < -0.39 is 0 Å². The van der Waals surface area contributed by atoms with Crippen LogP contribution in [0.2, 0.25) is 0 Å². The maximum atomic E-state index is 3.89. The van der Waals surface area contributed by atoms with Crippen molar-refractivity contribution in [2.75, 3.05) is 20.1 Å². The Hall–Kier alpha value is -1.13. The molecule has 2 aliphatic heterocycles. The number of allylic oxidation sites excluding steroid dienone is 1. The van der Waals surface area contributed by atoms with Gasteiger partial charge in [0.25, 0.3) is 0 Å². The van der Waals surface area contributed by atoms with Gasteiger partial charge >= 0.3 is 0 Å². The lowest BCUT2D eigenvalue weighted by molar-refractivity contribution is 0.573. The first-order valence-corrected chi connectivity index (χ1v) is 8.94. The third-order valence-corrected chi connectivity index (χ3v) is 3.86. The van der Waals surface area contributed by atoms with Crippen molar-refractivity contribution in [3.8, 4) is 0 Å². The van der Waals surface area contributed by atoms with Gasteiger partial charge in [0, 0.05) is 45.0 Å². The van der Waals surface area contributed by atoms with E-state index in [-0.39, 0.29) is 0 Å². The molecule has 0 spiro atoms. The second kappa shape index (κ2) is 14.8. The Morgan fingerprint density at radius 3 is 1.77 bits per heavy atom. The minimum atomic E-state index is 1.14. The molecule has 0 unspecified atom stereocenters. The molecule has 0 atom stereocenters. The van der Waals surface area contributed by atoms with E-state index in [1.807, 2.05) is 30.4 Å². The van der Waals surface area contributed by atoms with E-state index in [1.54, 1.807) is 12.4 Å². The second-order valence-corrected chi connectivity index (χ2v) is 5.99. The fourth-order valence-electron chi connectivity index (χ4n) is 2.48. The van der Waals surface area contributed by atoms with Crippen LogP contribution in [0.4, 0.5) is 0 Å². The van der Waals surface area contributed by atoms with Crippen LogP contribution in [-0.2, 0) is 0 Å². The highest BCUT2D eigenvalue weighted by Crippen LogP contribution is 2.15. The Kier molecular flexibility index (Phi) is 12.7. The number of hydrogen-bond acceptors (Lipinski definition) is 4. The first-order valence-electron chi connectivity index (χ1n) is 8.94. The summed E-state index contributed by atoms with van der Waals surface area (Å²) in [5.41, 5.74) is 6.19. The van der Waals surface area contributed by atoms with Crippen LogP contribution < -0.4 is 10.9 Å². The lowest BCUT2D eigenvalue weighted by Crippen LogP contribution is -2.30. The van der Waals surface area contributed by atoms with Gasteiger partial charge in [-0.3, -0.25) is 15.8 Å². The maximum absolute atomic E-state index is 3.89. The van der Waals surface area contributed by atoms with Crippen molar-refractivity contribution in [1.82, 2.24) is 15.8 Å². The molecule has 2 N–H and O–H groups in total. The monoisotopic (exact) mass is 306 g/mol. The van der Waals surface area contributed by atoms with Crippen molar-refractivity contribution in [3.05, 3.63) is 24.7 Å². The number of rotatable bonds is 0. The third kappa shape index (κ3) is 12.6. The number of hydrazine groups is 1. The van der Waals surface area contributed by atoms with E-state index in [2.05, 4.69) is 15.8 Å². The summed E-state index contributed by atoms with van der Waals surface area (Å²) in [7, 11) is 1.96. The molecule has 22 heavy (non-hydrogen) atoms. The summed E-state index contributed by atoms with van der Waals surface area (Å²) in [6.07, 6.45) is 23.7. The first-order chi connectivity index (χ1) is 10.9. The summed E-state index contributed by atoms with van der Waals surface area (Å²) in [6.45, 7) is 2.28. The maximum Gasteiger partial charge on any atom is 0.0429 e. The lowest BCUT2D eigenvalue weighted by Gasteiger charge is -2.01. The quantitative estimate of drug-likeness (QED) is 0.665. The van der Waals surface area contributed by atoms with Gasteiger partial charge < -0.3 is 4.90 Å². The Labute approximate surface area is 136 Å². The van der Waals surface area contributed by atoms with Crippen molar-refractivity contribution in [2.24, 2.45) is 4.99 Å². The molecule has 2 heterocycles. The van der Waals surface area contributed by atoms with Crippen LogP contribution in [0.25, 0.3) is 0 Å². The SMILES string of the molecule is C1CCCCCC1.C1CCNNCC1.CN1C=CC=NC=C1. The Balaban J connectivity index is 0.000000166. The van der Waals surface area contributed by atoms with Gasteiger partial charge in [-0.1, -0.05) is 51.4 Å². The molecule has 1 saturated carbocycles. The van der Waals surface area contributed by atoms with E-state index in [4.69, 9.17) is 0 Å². The molecule has 3 aliphatic rings. The molecule has 0 amide bonds. The third-order valence-electron chi connectivity index (χ3n) is 3.86. The molecule has 0 aromatic heterocycles. The Morgan fingerprint density at radius 1 is 0.727 bits per heavy atom. The van der Waals surface area contributed by atoms with Crippen LogP contribution in [0, 0.1) is 0 Å². The Bertz CT molecular complexity index is 254. The fraction of sp³-hybridized carbons (Fsp3) is 0.722. The molecular weight excluding hydrogens is 272 g/mol. The predicted octanol–water partition coefficient (Wildman–Crippen LogP) is 3.98. The van der Waals surface area contributed by atoms with Crippen LogP contribution in [0.5, 0.6) is 0 Å². The van der Waals surface area contributed by atoms with Crippen molar-refractivity contribution >= 4 is 6.21 Å². The fourth-order valence-corrected chi connectivity index (χ4v) is 2.48. The van der Waals surface area contributed by atoms with Gasteiger partial charge in [0.05, 0.1) is 0 Å². The average Bonchev–Trinajstić information content (AvgIpc) is 3.08. The number of aliphatic imine (C=N–C) groups is 1. The van der Waals surface area contributed by atoms with E-state index in [0.717, 1.165) is 13.1 Å². The largest absolute Gasteiger partial charge is 0.356 e. The molecule has 0 aromatic carbocycles. The topological polar surface area (TPSA) is 39.7 Å². The Morgan fingerprint density at radius 2 is 1.23 bits per heavy atom. The zero-order chi connectivity index (χ0) is 15.7. The molecule has 4 heteroatoms. The van der Waals surface area contributed by atoms with Crippen LogP contribution in [-0.4, -0.2) is 31.3 Å². The van der Waals surface area contributed by atoms with Gasteiger partial charge in [-0.15, -0.1) is 0 Å². The average molecular weight is 306 g/mol. The molecule has 0 radical (unpaired) electrons. The van der Waals surface area contributed by atoms with E-state index >= 15 is 0 Å². The number of hydrogen-bond donors (Lipinski definition) is 2. The van der Waals surface area contributed by atoms with E-state index in [1.165, 1.54) is 64.2 Å². The van der Waals surface area contributed by atoms with Gasteiger partial charge in [0.15, 0.2) is 0 Å². The molecule has 126 valence electrons. The number of nitrogens with zero attached hydrogens (tertiary/aromatic N) is 2. The minimum Gasteiger partial charge on any atom is -0.356 e. The van der Waals surface area contributed by atoms with Crippen LogP contribution >= 0.6 is 0 Å². The van der Waals surface area contributed by atoms with Crippen molar-refractivity contribution in [1.29, 1.82) is 0 Å². The second-order valence-electron chi connectivity index (χ2n) is 5.99. The summed E-state index contributed by atoms with van der Waals surface area (Å²) in [5.74, 6) is 0. The smallest absolute Gasteiger partial charge is 0.0429 e. The van der Waals surface area contributed by atoms with Crippen molar-refractivity contribution in [2.45, 2.75) is 64.2 Å². The molecule has 1 saturated heterocycles. The zero-order valence-electron chi connectivity index (χ0n) is 14.3. The molecule has 0 aromatic rings. The summed E-state index contributed by atoms with van der Waals surface area (Å²) >= 11 is 0. The first kappa shape index (κ1) is 18.9. The summed E-state index contributed by atoms with van der Waals surface area (Å²) in [5, 5.41) is 0. The molecule has 1 aliphatic carbocycles. The molecule has 0 bridgehead atoms. The molecule has 2 fully saturated rings. The predicted molar refractivity (Wildman–Crippen MR) is 96.7 cm³/mol. The van der Waals surface area contributed by atoms with Crippen LogP contribution in [0.1, 0.15) is 64.2 Å². The number of nitrogens with one attached hydrogen (secondary N) is 2. The summed E-state index contributed by atoms with van der Waals surface area (Å²) in [6, 6.07) is 0. The minimum absolute atomic E-state index is 1.14. The van der Waals surface area contributed by atoms with Crippen LogP contribution in [0.3, 0.4) is 0 Å². The summed E-state index contributed by atoms with van der Waals surface area (Å²) in [4.78, 5) is 5.82. The standard InChI is InChI=1S/C7H14.C6H8N2.C5H12N2/c1-2-4-6-7-5-3-1;1-8-5-2-3-7-4-6-8;1-2-4-6-7-5-3-1/h1-7H2;2-6H,1H3;6-7H,1-5H2. The molecule has 3 rings (SSSR count). The normalized spacial score (nSPS) is 21.4. The van der Waals surface area contributed by atoms with Gasteiger partial charge in [-0.25, -0.2) is 0 Å². The van der Waals surface area contributed by atoms with Crippen molar-refractivity contribution in [3.63, 3.8) is 0 Å². The van der Waals surface area contributed by atoms with Crippen molar-refractivity contribution < 1.29 is 0 Å². The zero-order valence-corrected chi connectivity index (χ0v) is 14.3. The summed E-state index contributed by atoms with van der Waals surface area (Å²) < 4.78 is 0. The van der Waals surface area contributed by atoms with E-state index in [0.29, 0.717) is 0 Å². The van der Waals surface area contributed by atoms with Gasteiger partial charge in [0.1, 0.15) is 0 Å².